The van der Waals surface area contributed by atoms with Gasteiger partial charge >= 0.3 is 0 Å². The summed E-state index contributed by atoms with van der Waals surface area (Å²) in [6.45, 7) is 3.89. The highest BCUT2D eigenvalue weighted by molar-refractivity contribution is 9.10. The molecular formula is C13H15BrN2O2S2. The number of hydrogen-bond donors (Lipinski definition) is 2. The molecule has 0 aliphatic heterocycles. The van der Waals surface area contributed by atoms with Crippen LogP contribution in [0.3, 0.4) is 0 Å². The molecule has 7 heteroatoms. The highest BCUT2D eigenvalue weighted by Crippen LogP contribution is 2.31. The standard InChI is InChI=1S/C13H15BrN2O2S2/c1-8-4-3-5-10(12(8)14)16-20(17,18)13-9(2)7-19-11(13)6-15/h3-5,7,16H,6,15H2,1-2H3. The topological polar surface area (TPSA) is 72.2 Å². The second-order valence-electron chi connectivity index (χ2n) is 4.42. The number of sulfonamides is 1. The van der Waals surface area contributed by atoms with Crippen molar-refractivity contribution >= 4 is 43.0 Å². The Kier molecular flexibility index (Phi) is 4.53. The predicted molar refractivity (Wildman–Crippen MR) is 86.6 cm³/mol. The Balaban J connectivity index is 2.46. The number of aryl methyl sites for hydroxylation is 2. The van der Waals surface area contributed by atoms with E-state index in [1.807, 2.05) is 24.4 Å². The van der Waals surface area contributed by atoms with E-state index in [2.05, 4.69) is 20.7 Å². The molecule has 1 heterocycles. The minimum atomic E-state index is -3.63. The van der Waals surface area contributed by atoms with Gasteiger partial charge in [0.05, 0.1) is 5.69 Å². The van der Waals surface area contributed by atoms with Crippen LogP contribution in [0, 0.1) is 13.8 Å². The number of nitrogens with one attached hydrogen (secondary N) is 1. The van der Waals surface area contributed by atoms with E-state index in [1.54, 1.807) is 13.0 Å². The van der Waals surface area contributed by atoms with Gasteiger partial charge in [0, 0.05) is 15.9 Å². The summed E-state index contributed by atoms with van der Waals surface area (Å²) >= 11 is 4.77. The summed E-state index contributed by atoms with van der Waals surface area (Å²) < 4.78 is 28.5. The van der Waals surface area contributed by atoms with E-state index in [-0.39, 0.29) is 6.54 Å². The molecule has 108 valence electrons. The number of hydrogen-bond acceptors (Lipinski definition) is 4. The van der Waals surface area contributed by atoms with Crippen molar-refractivity contribution in [2.75, 3.05) is 4.72 Å². The smallest absolute Gasteiger partial charge is 0.263 e. The van der Waals surface area contributed by atoms with Gasteiger partial charge in [-0.25, -0.2) is 8.42 Å². The maximum atomic E-state index is 12.5. The lowest BCUT2D eigenvalue weighted by Gasteiger charge is -2.12. The van der Waals surface area contributed by atoms with Crippen molar-refractivity contribution in [3.8, 4) is 0 Å². The number of rotatable bonds is 4. The Bertz CT molecular complexity index is 739. The van der Waals surface area contributed by atoms with E-state index >= 15 is 0 Å². The molecule has 0 atom stereocenters. The Hall–Kier alpha value is -0.890. The lowest BCUT2D eigenvalue weighted by Crippen LogP contribution is -2.16. The van der Waals surface area contributed by atoms with Gasteiger partial charge in [-0.2, -0.15) is 0 Å². The maximum Gasteiger partial charge on any atom is 0.263 e. The van der Waals surface area contributed by atoms with Gasteiger partial charge in [-0.1, -0.05) is 12.1 Å². The Morgan fingerprint density at radius 3 is 2.65 bits per heavy atom. The molecule has 4 nitrogen and oxygen atoms in total. The minimum Gasteiger partial charge on any atom is -0.326 e. The Morgan fingerprint density at radius 1 is 1.30 bits per heavy atom. The maximum absolute atomic E-state index is 12.5. The molecule has 0 amide bonds. The molecule has 0 aliphatic rings. The van der Waals surface area contributed by atoms with Gasteiger partial charge in [0.1, 0.15) is 4.90 Å². The van der Waals surface area contributed by atoms with E-state index in [0.29, 0.717) is 21.0 Å². The average molecular weight is 375 g/mol. The van der Waals surface area contributed by atoms with Gasteiger partial charge in [0.15, 0.2) is 0 Å². The molecule has 0 radical (unpaired) electrons. The molecule has 2 rings (SSSR count). The van der Waals surface area contributed by atoms with Gasteiger partial charge in [-0.3, -0.25) is 4.72 Å². The van der Waals surface area contributed by atoms with Crippen LogP contribution in [0.25, 0.3) is 0 Å². The summed E-state index contributed by atoms with van der Waals surface area (Å²) in [5.74, 6) is 0. The first-order valence-electron chi connectivity index (χ1n) is 5.91. The van der Waals surface area contributed by atoms with Crippen LogP contribution in [-0.2, 0) is 16.6 Å². The monoisotopic (exact) mass is 374 g/mol. The Labute approximate surface area is 131 Å². The summed E-state index contributed by atoms with van der Waals surface area (Å²) in [5.41, 5.74) is 7.82. The number of anilines is 1. The van der Waals surface area contributed by atoms with Crippen LogP contribution in [0.1, 0.15) is 16.0 Å². The van der Waals surface area contributed by atoms with Crippen LogP contribution >= 0.6 is 27.3 Å². The average Bonchev–Trinajstić information content (AvgIpc) is 2.77. The fourth-order valence-corrected chi connectivity index (χ4v) is 5.18. The van der Waals surface area contributed by atoms with Gasteiger partial charge in [0.25, 0.3) is 10.0 Å². The fourth-order valence-electron chi connectivity index (χ4n) is 1.91. The van der Waals surface area contributed by atoms with E-state index in [4.69, 9.17) is 5.73 Å². The first-order valence-corrected chi connectivity index (χ1v) is 9.07. The number of thiophene rings is 1. The third-order valence-corrected chi connectivity index (χ3v) is 6.78. The third kappa shape index (κ3) is 2.90. The zero-order chi connectivity index (χ0) is 14.9. The molecule has 1 aromatic carbocycles. The summed E-state index contributed by atoms with van der Waals surface area (Å²) in [6.07, 6.45) is 0. The first-order chi connectivity index (χ1) is 9.36. The van der Waals surface area contributed by atoms with Crippen molar-refractivity contribution < 1.29 is 8.42 Å². The van der Waals surface area contributed by atoms with Crippen molar-refractivity contribution in [3.63, 3.8) is 0 Å². The zero-order valence-corrected chi connectivity index (χ0v) is 14.3. The number of nitrogens with two attached hydrogens (primary N) is 1. The highest BCUT2D eigenvalue weighted by atomic mass is 79.9. The quantitative estimate of drug-likeness (QED) is 0.861. The summed E-state index contributed by atoms with van der Waals surface area (Å²) in [4.78, 5) is 0.956. The van der Waals surface area contributed by atoms with Crippen LogP contribution in [0.4, 0.5) is 5.69 Å². The zero-order valence-electron chi connectivity index (χ0n) is 11.1. The minimum absolute atomic E-state index is 0.212. The van der Waals surface area contributed by atoms with E-state index < -0.39 is 10.0 Å². The SMILES string of the molecule is Cc1cccc(NS(=O)(=O)c2c(C)csc2CN)c1Br. The summed E-state index contributed by atoms with van der Waals surface area (Å²) in [6, 6.07) is 5.43. The number of halogens is 1. The van der Waals surface area contributed by atoms with Gasteiger partial charge in [-0.15, -0.1) is 11.3 Å². The molecule has 20 heavy (non-hydrogen) atoms. The molecule has 0 spiro atoms. The van der Waals surface area contributed by atoms with E-state index in [9.17, 15) is 8.42 Å². The van der Waals surface area contributed by atoms with Crippen LogP contribution < -0.4 is 10.5 Å². The Morgan fingerprint density at radius 2 is 2.00 bits per heavy atom. The van der Waals surface area contributed by atoms with Crippen LogP contribution in [0.2, 0.25) is 0 Å². The van der Waals surface area contributed by atoms with Crippen molar-refractivity contribution in [2.45, 2.75) is 25.3 Å². The highest BCUT2D eigenvalue weighted by Gasteiger charge is 2.23. The van der Waals surface area contributed by atoms with Crippen LogP contribution in [0.5, 0.6) is 0 Å². The van der Waals surface area contributed by atoms with Crippen molar-refractivity contribution in [3.05, 3.63) is 44.1 Å². The summed E-state index contributed by atoms with van der Waals surface area (Å²) in [7, 11) is -3.63. The lowest BCUT2D eigenvalue weighted by atomic mass is 10.2. The number of benzene rings is 1. The largest absolute Gasteiger partial charge is 0.326 e. The second kappa shape index (κ2) is 5.85. The second-order valence-corrected chi connectivity index (χ2v) is 7.79. The first kappa shape index (κ1) is 15.5. The molecular weight excluding hydrogens is 360 g/mol. The van der Waals surface area contributed by atoms with Crippen molar-refractivity contribution in [1.29, 1.82) is 0 Å². The molecule has 0 aliphatic carbocycles. The molecule has 0 saturated heterocycles. The van der Waals surface area contributed by atoms with Gasteiger partial charge in [0.2, 0.25) is 0 Å². The van der Waals surface area contributed by atoms with Gasteiger partial charge in [-0.05, 0) is 52.4 Å². The fraction of sp³-hybridized carbons (Fsp3) is 0.231. The third-order valence-electron chi connectivity index (χ3n) is 2.88. The molecule has 1 aromatic heterocycles. The van der Waals surface area contributed by atoms with Crippen molar-refractivity contribution in [1.82, 2.24) is 0 Å². The molecule has 0 unspecified atom stereocenters. The normalized spacial score (nSPS) is 11.6. The molecule has 0 fully saturated rings. The van der Waals surface area contributed by atoms with Gasteiger partial charge < -0.3 is 5.73 Å². The molecule has 0 saturated carbocycles. The van der Waals surface area contributed by atoms with Crippen LogP contribution in [-0.4, -0.2) is 8.42 Å². The molecule has 3 N–H and O–H groups in total. The van der Waals surface area contributed by atoms with Crippen molar-refractivity contribution in [2.24, 2.45) is 5.73 Å². The predicted octanol–water partition coefficient (Wildman–Crippen LogP) is 3.39. The molecule has 0 bridgehead atoms. The van der Waals surface area contributed by atoms with Crippen LogP contribution in [0.15, 0.2) is 32.9 Å². The van der Waals surface area contributed by atoms with E-state index in [0.717, 1.165) is 10.0 Å². The molecule has 2 aromatic rings. The summed E-state index contributed by atoms with van der Waals surface area (Å²) in [5, 5.41) is 1.81. The van der Waals surface area contributed by atoms with E-state index in [1.165, 1.54) is 11.3 Å². The lowest BCUT2D eigenvalue weighted by molar-refractivity contribution is 0.600.